The average molecular weight is 397 g/mol. The quantitative estimate of drug-likeness (QED) is 0.696. The van der Waals surface area contributed by atoms with Crippen LogP contribution in [-0.2, 0) is 4.79 Å². The van der Waals surface area contributed by atoms with Crippen LogP contribution in [0.2, 0.25) is 0 Å². The minimum atomic E-state index is -0.0973. The SMILES string of the molecule is CC(C)NC[C@H]1[C@@H](c2ccc(C3=CCCCC3)cc2)[C@@H](CO)N1C(=O)CC1CC1. The van der Waals surface area contributed by atoms with Crippen LogP contribution in [0, 0.1) is 5.92 Å². The number of nitrogens with zero attached hydrogens (tertiary/aromatic N) is 1. The maximum absolute atomic E-state index is 12.9. The lowest BCUT2D eigenvalue weighted by Gasteiger charge is -2.55. The minimum absolute atomic E-state index is 0.0339. The van der Waals surface area contributed by atoms with Crippen molar-refractivity contribution in [2.45, 2.75) is 82.8 Å². The minimum Gasteiger partial charge on any atom is -0.394 e. The molecule has 0 unspecified atom stereocenters. The standard InChI is InChI=1S/C25H36N2O2/c1-17(2)26-15-22-25(23(16-28)27(22)24(29)14-18-8-9-18)21-12-10-20(11-13-21)19-6-4-3-5-7-19/h6,10-13,17-18,22-23,25-26,28H,3-5,7-9,14-16H2,1-2H3/t22-,23+,25+/m0/s1. The van der Waals surface area contributed by atoms with Crippen LogP contribution in [0.25, 0.3) is 5.57 Å². The molecule has 1 aromatic carbocycles. The van der Waals surface area contributed by atoms with Crippen LogP contribution in [0.15, 0.2) is 30.3 Å². The van der Waals surface area contributed by atoms with Crippen LogP contribution in [-0.4, -0.2) is 47.2 Å². The highest BCUT2D eigenvalue weighted by molar-refractivity contribution is 5.79. The molecule has 1 aromatic rings. The second kappa shape index (κ2) is 9.01. The van der Waals surface area contributed by atoms with Gasteiger partial charge in [-0.2, -0.15) is 0 Å². The molecule has 1 amide bonds. The first-order chi connectivity index (χ1) is 14.1. The molecule has 0 radical (unpaired) electrons. The second-order valence-electron chi connectivity index (χ2n) is 9.45. The number of nitrogens with one attached hydrogen (secondary N) is 1. The summed E-state index contributed by atoms with van der Waals surface area (Å²) in [7, 11) is 0. The zero-order valence-electron chi connectivity index (χ0n) is 17.9. The molecule has 2 fully saturated rings. The number of benzene rings is 1. The normalized spacial score (nSPS) is 27.0. The molecule has 158 valence electrons. The lowest BCUT2D eigenvalue weighted by molar-refractivity contribution is -0.150. The summed E-state index contributed by atoms with van der Waals surface area (Å²) in [6.07, 6.45) is 10.3. The third kappa shape index (κ3) is 4.59. The van der Waals surface area contributed by atoms with Gasteiger partial charge in [0.1, 0.15) is 0 Å². The summed E-state index contributed by atoms with van der Waals surface area (Å²) in [5, 5.41) is 13.6. The summed E-state index contributed by atoms with van der Waals surface area (Å²) < 4.78 is 0. The van der Waals surface area contributed by atoms with Crippen LogP contribution in [0.5, 0.6) is 0 Å². The van der Waals surface area contributed by atoms with Gasteiger partial charge in [0.25, 0.3) is 0 Å². The number of carbonyl (C=O) groups is 1. The molecule has 1 heterocycles. The molecule has 3 aliphatic rings. The van der Waals surface area contributed by atoms with E-state index in [0.717, 1.165) is 6.54 Å². The van der Waals surface area contributed by atoms with E-state index in [-0.39, 0.29) is 30.5 Å². The lowest BCUT2D eigenvalue weighted by atomic mass is 9.74. The van der Waals surface area contributed by atoms with Gasteiger partial charge in [0.2, 0.25) is 5.91 Å². The Morgan fingerprint density at radius 1 is 1.17 bits per heavy atom. The van der Waals surface area contributed by atoms with Crippen LogP contribution < -0.4 is 5.32 Å². The van der Waals surface area contributed by atoms with Crippen molar-refractivity contribution in [2.24, 2.45) is 5.92 Å². The van der Waals surface area contributed by atoms with E-state index in [9.17, 15) is 9.90 Å². The van der Waals surface area contributed by atoms with Gasteiger partial charge in [0.05, 0.1) is 18.7 Å². The van der Waals surface area contributed by atoms with Gasteiger partial charge in [-0.1, -0.05) is 44.2 Å². The van der Waals surface area contributed by atoms with Crippen molar-refractivity contribution in [1.82, 2.24) is 10.2 Å². The molecule has 0 bridgehead atoms. The van der Waals surface area contributed by atoms with Crippen LogP contribution in [0.3, 0.4) is 0 Å². The highest BCUT2D eigenvalue weighted by Crippen LogP contribution is 2.43. The van der Waals surface area contributed by atoms with Gasteiger partial charge in [0, 0.05) is 24.9 Å². The Bertz CT molecular complexity index is 736. The van der Waals surface area contributed by atoms with E-state index in [1.54, 1.807) is 0 Å². The fraction of sp³-hybridized carbons (Fsp3) is 0.640. The van der Waals surface area contributed by atoms with Crippen molar-refractivity contribution >= 4 is 11.5 Å². The molecule has 3 atom stereocenters. The summed E-state index contributed by atoms with van der Waals surface area (Å²) in [6.45, 7) is 5.09. The van der Waals surface area contributed by atoms with E-state index in [1.807, 2.05) is 4.90 Å². The third-order valence-electron chi connectivity index (χ3n) is 6.87. The Morgan fingerprint density at radius 2 is 1.93 bits per heavy atom. The first-order valence-electron chi connectivity index (χ1n) is 11.5. The molecule has 0 aromatic heterocycles. The van der Waals surface area contributed by atoms with E-state index < -0.39 is 0 Å². The smallest absolute Gasteiger partial charge is 0.223 e. The van der Waals surface area contributed by atoms with Gasteiger partial charge in [-0.25, -0.2) is 0 Å². The number of likely N-dealkylation sites (tertiary alicyclic amines) is 1. The fourth-order valence-corrected chi connectivity index (χ4v) is 5.04. The zero-order valence-corrected chi connectivity index (χ0v) is 17.9. The third-order valence-corrected chi connectivity index (χ3v) is 6.87. The summed E-state index contributed by atoms with van der Waals surface area (Å²) in [5.41, 5.74) is 4.04. The van der Waals surface area contributed by atoms with Gasteiger partial charge in [-0.15, -0.1) is 0 Å². The molecule has 4 heteroatoms. The molecule has 2 aliphatic carbocycles. The Hall–Kier alpha value is -1.65. The molecular formula is C25H36N2O2. The van der Waals surface area contributed by atoms with Gasteiger partial charge in [0.15, 0.2) is 0 Å². The zero-order chi connectivity index (χ0) is 20.4. The Kier molecular flexibility index (Phi) is 6.41. The van der Waals surface area contributed by atoms with E-state index in [1.165, 1.54) is 55.2 Å². The summed E-state index contributed by atoms with van der Waals surface area (Å²) >= 11 is 0. The molecular weight excluding hydrogens is 360 g/mol. The number of allylic oxidation sites excluding steroid dienone is 2. The van der Waals surface area contributed by atoms with Gasteiger partial charge < -0.3 is 15.3 Å². The number of amides is 1. The Labute approximate surface area is 175 Å². The molecule has 4 rings (SSSR count). The van der Waals surface area contributed by atoms with Crippen LogP contribution in [0.1, 0.15) is 75.8 Å². The van der Waals surface area contributed by atoms with Gasteiger partial charge >= 0.3 is 0 Å². The Balaban J connectivity index is 1.52. The van der Waals surface area contributed by atoms with Crippen LogP contribution in [0.4, 0.5) is 0 Å². The summed E-state index contributed by atoms with van der Waals surface area (Å²) in [5.74, 6) is 0.994. The van der Waals surface area contributed by atoms with Crippen molar-refractivity contribution in [3.8, 4) is 0 Å². The molecule has 2 N–H and O–H groups in total. The molecule has 1 saturated carbocycles. The van der Waals surface area contributed by atoms with Crippen molar-refractivity contribution < 1.29 is 9.90 Å². The number of carbonyl (C=O) groups excluding carboxylic acids is 1. The second-order valence-corrected chi connectivity index (χ2v) is 9.45. The first-order valence-corrected chi connectivity index (χ1v) is 11.5. The van der Waals surface area contributed by atoms with Gasteiger partial charge in [-0.3, -0.25) is 4.79 Å². The van der Waals surface area contributed by atoms with Crippen LogP contribution >= 0.6 is 0 Å². The van der Waals surface area contributed by atoms with Crippen molar-refractivity contribution in [2.75, 3.05) is 13.2 Å². The number of rotatable bonds is 8. The number of aliphatic hydroxyl groups excluding tert-OH is 1. The molecule has 1 saturated heterocycles. The number of hydrogen-bond donors (Lipinski definition) is 2. The molecule has 0 spiro atoms. The summed E-state index contributed by atoms with van der Waals surface area (Å²) in [6, 6.07) is 9.34. The van der Waals surface area contributed by atoms with E-state index >= 15 is 0 Å². The molecule has 4 nitrogen and oxygen atoms in total. The maximum atomic E-state index is 12.9. The largest absolute Gasteiger partial charge is 0.394 e. The van der Waals surface area contributed by atoms with Crippen molar-refractivity contribution in [1.29, 1.82) is 0 Å². The number of hydrogen-bond acceptors (Lipinski definition) is 3. The lowest BCUT2D eigenvalue weighted by Crippen LogP contribution is -2.68. The van der Waals surface area contributed by atoms with Crippen molar-refractivity contribution in [3.63, 3.8) is 0 Å². The highest BCUT2D eigenvalue weighted by Gasteiger charge is 2.51. The predicted molar refractivity (Wildman–Crippen MR) is 118 cm³/mol. The topological polar surface area (TPSA) is 52.6 Å². The maximum Gasteiger partial charge on any atom is 0.223 e. The predicted octanol–water partition coefficient (Wildman–Crippen LogP) is 4.10. The average Bonchev–Trinajstić information content (AvgIpc) is 3.52. The van der Waals surface area contributed by atoms with Gasteiger partial charge in [-0.05, 0) is 61.1 Å². The van der Waals surface area contributed by atoms with Crippen molar-refractivity contribution in [3.05, 3.63) is 41.5 Å². The molecule has 1 aliphatic heterocycles. The fourth-order valence-electron chi connectivity index (χ4n) is 5.04. The number of aliphatic hydroxyl groups is 1. The monoisotopic (exact) mass is 396 g/mol. The van der Waals surface area contributed by atoms with E-state index in [4.69, 9.17) is 0 Å². The van der Waals surface area contributed by atoms with E-state index in [2.05, 4.69) is 49.5 Å². The van der Waals surface area contributed by atoms with E-state index in [0.29, 0.717) is 18.4 Å². The Morgan fingerprint density at radius 3 is 2.52 bits per heavy atom. The first kappa shape index (κ1) is 20.6. The molecule has 29 heavy (non-hydrogen) atoms. The summed E-state index contributed by atoms with van der Waals surface area (Å²) in [4.78, 5) is 14.9. The highest BCUT2D eigenvalue weighted by atomic mass is 16.3.